The van der Waals surface area contributed by atoms with Gasteiger partial charge in [0.2, 0.25) is 16.7 Å². The van der Waals surface area contributed by atoms with Crippen molar-refractivity contribution in [1.82, 2.24) is 19.5 Å². The molecule has 0 radical (unpaired) electrons. The largest absolute Gasteiger partial charge is 0.492 e. The van der Waals surface area contributed by atoms with Gasteiger partial charge in [-0.15, -0.1) is 5.10 Å². The Kier molecular flexibility index (Phi) is 5.02. The number of benzene rings is 1. The summed E-state index contributed by atoms with van der Waals surface area (Å²) in [6.45, 7) is 5.64. The van der Waals surface area contributed by atoms with Gasteiger partial charge in [0.1, 0.15) is 0 Å². The Morgan fingerprint density at radius 1 is 1.17 bits per heavy atom. The second-order valence-corrected chi connectivity index (χ2v) is 9.01. The van der Waals surface area contributed by atoms with Crippen molar-refractivity contribution in [2.45, 2.75) is 32.1 Å². The lowest BCUT2D eigenvalue weighted by Gasteiger charge is -2.40. The van der Waals surface area contributed by atoms with Gasteiger partial charge in [-0.2, -0.15) is 9.50 Å². The van der Waals surface area contributed by atoms with Crippen LogP contribution in [0, 0.1) is 0 Å². The van der Waals surface area contributed by atoms with Crippen molar-refractivity contribution in [3.05, 3.63) is 58.1 Å². The lowest BCUT2D eigenvalue weighted by Crippen LogP contribution is -2.47. The van der Waals surface area contributed by atoms with E-state index >= 15 is 0 Å². The summed E-state index contributed by atoms with van der Waals surface area (Å²) in [6.07, 6.45) is 1.77. The molecule has 156 valence electrons. The summed E-state index contributed by atoms with van der Waals surface area (Å²) in [4.78, 5) is 8.29. The zero-order valence-corrected chi connectivity index (χ0v) is 18.1. The topological polar surface area (TPSA) is 76.0 Å². The molecule has 0 spiro atoms. The van der Waals surface area contributed by atoms with Gasteiger partial charge in [0.05, 0.1) is 29.4 Å². The van der Waals surface area contributed by atoms with Crippen LogP contribution < -0.4 is 0 Å². The first kappa shape index (κ1) is 19.6. The number of thiazole rings is 1. The number of furan rings is 1. The molecule has 0 bridgehead atoms. The van der Waals surface area contributed by atoms with Crippen molar-refractivity contribution in [1.29, 1.82) is 0 Å². The lowest BCUT2D eigenvalue weighted by atomic mass is 10.0. The number of hydrogen-bond acceptors (Lipinski definition) is 7. The zero-order valence-electron chi connectivity index (χ0n) is 16.5. The van der Waals surface area contributed by atoms with Crippen LogP contribution in [0.4, 0.5) is 0 Å². The van der Waals surface area contributed by atoms with E-state index in [9.17, 15) is 5.11 Å². The van der Waals surface area contributed by atoms with Crippen molar-refractivity contribution in [3.8, 4) is 17.5 Å². The second-order valence-electron chi connectivity index (χ2n) is 7.56. The average Bonchev–Trinajstić information content (AvgIpc) is 3.42. The Labute approximate surface area is 182 Å². The number of fused-ring (bicyclic) bond motifs is 1. The molecule has 1 fully saturated rings. The van der Waals surface area contributed by atoms with Gasteiger partial charge in [-0.3, -0.25) is 4.90 Å². The molecule has 3 aromatic heterocycles. The molecule has 1 aliphatic heterocycles. The van der Waals surface area contributed by atoms with Gasteiger partial charge in [-0.05, 0) is 43.7 Å². The van der Waals surface area contributed by atoms with Crippen molar-refractivity contribution in [3.63, 3.8) is 0 Å². The van der Waals surface area contributed by atoms with Gasteiger partial charge in [-0.1, -0.05) is 35.1 Å². The van der Waals surface area contributed by atoms with Crippen molar-refractivity contribution in [2.75, 3.05) is 13.1 Å². The average molecular weight is 445 g/mol. The summed E-state index contributed by atoms with van der Waals surface area (Å²) in [5, 5.41) is 16.2. The number of halogens is 1. The van der Waals surface area contributed by atoms with Gasteiger partial charge < -0.3 is 14.3 Å². The third-order valence-electron chi connectivity index (χ3n) is 5.19. The van der Waals surface area contributed by atoms with Crippen LogP contribution in [0.25, 0.3) is 16.5 Å². The van der Waals surface area contributed by atoms with Crippen LogP contribution >= 0.6 is 22.9 Å². The second kappa shape index (κ2) is 7.70. The highest BCUT2D eigenvalue weighted by atomic mass is 35.5. The van der Waals surface area contributed by atoms with Crippen molar-refractivity contribution < 1.29 is 14.3 Å². The smallest absolute Gasteiger partial charge is 0.230 e. The van der Waals surface area contributed by atoms with Gasteiger partial charge >= 0.3 is 0 Å². The Morgan fingerprint density at radius 2 is 1.90 bits per heavy atom. The van der Waals surface area contributed by atoms with Crippen LogP contribution in [0.3, 0.4) is 0 Å². The minimum atomic E-state index is -0.156. The minimum absolute atomic E-state index is 0.0899. The van der Waals surface area contributed by atoms with Gasteiger partial charge in [0, 0.05) is 18.1 Å². The standard InChI is InChI=1S/C21H21ClN4O3S/c1-12-10-25(11-13(2)29-12)17(14-5-7-15(22)8-6-14)18-20(27)26-21(30-18)23-19(24-26)16-4-3-9-28-16/h3-9,12-13,17,27H,10-11H2,1-2H3/t12-,13-,17-/m0/s1. The van der Waals surface area contributed by atoms with E-state index in [0.29, 0.717) is 21.6 Å². The highest BCUT2D eigenvalue weighted by molar-refractivity contribution is 7.17. The summed E-state index contributed by atoms with van der Waals surface area (Å²) in [7, 11) is 0. The number of ether oxygens (including phenoxy) is 1. The Bertz CT molecular complexity index is 1150. The van der Waals surface area contributed by atoms with Crippen molar-refractivity contribution in [2.24, 2.45) is 0 Å². The monoisotopic (exact) mass is 444 g/mol. The molecule has 1 aromatic carbocycles. The molecule has 5 rings (SSSR count). The van der Waals surface area contributed by atoms with Crippen LogP contribution in [0.2, 0.25) is 5.02 Å². The number of aromatic nitrogens is 3. The fourth-order valence-corrected chi connectivity index (χ4v) is 5.28. The third kappa shape index (κ3) is 3.50. The number of morpholine rings is 1. The van der Waals surface area contributed by atoms with Crippen LogP contribution in [-0.2, 0) is 4.74 Å². The third-order valence-corrected chi connectivity index (χ3v) is 6.51. The summed E-state index contributed by atoms with van der Waals surface area (Å²) in [5.74, 6) is 1.11. The molecule has 0 saturated carbocycles. The predicted molar refractivity (Wildman–Crippen MR) is 115 cm³/mol. The fraction of sp³-hybridized carbons (Fsp3) is 0.333. The zero-order chi connectivity index (χ0) is 20.8. The van der Waals surface area contributed by atoms with E-state index in [1.165, 1.54) is 15.9 Å². The van der Waals surface area contributed by atoms with E-state index in [0.717, 1.165) is 23.5 Å². The minimum Gasteiger partial charge on any atom is -0.492 e. The molecule has 0 unspecified atom stereocenters. The summed E-state index contributed by atoms with van der Waals surface area (Å²) in [6, 6.07) is 11.2. The first-order valence-electron chi connectivity index (χ1n) is 9.77. The maximum atomic E-state index is 11.1. The lowest BCUT2D eigenvalue weighted by molar-refractivity contribution is -0.0764. The molecule has 1 saturated heterocycles. The molecule has 30 heavy (non-hydrogen) atoms. The summed E-state index contributed by atoms with van der Waals surface area (Å²) in [5.41, 5.74) is 1.05. The van der Waals surface area contributed by atoms with Gasteiger partial charge in [-0.25, -0.2) is 0 Å². The van der Waals surface area contributed by atoms with Gasteiger partial charge in [0.25, 0.3) is 0 Å². The summed E-state index contributed by atoms with van der Waals surface area (Å²) < 4.78 is 12.8. The molecular formula is C21H21ClN4O3S. The fourth-order valence-electron chi connectivity index (χ4n) is 4.04. The van der Waals surface area contributed by atoms with E-state index in [4.69, 9.17) is 20.8 Å². The first-order valence-corrected chi connectivity index (χ1v) is 11.0. The Hall–Kier alpha value is -2.39. The molecule has 9 heteroatoms. The highest BCUT2D eigenvalue weighted by Crippen LogP contribution is 2.41. The molecule has 1 aliphatic rings. The van der Waals surface area contributed by atoms with E-state index in [1.54, 1.807) is 18.4 Å². The predicted octanol–water partition coefficient (Wildman–Crippen LogP) is 4.61. The number of nitrogens with zero attached hydrogens (tertiary/aromatic N) is 4. The SMILES string of the molecule is C[C@H]1CN([C@@H](c2ccc(Cl)cc2)c2sc3nc(-c4ccco4)nn3c2O)C[C@H](C)O1. The van der Waals surface area contributed by atoms with E-state index < -0.39 is 0 Å². The molecule has 4 heterocycles. The maximum Gasteiger partial charge on any atom is 0.230 e. The quantitative estimate of drug-likeness (QED) is 0.495. The van der Waals surface area contributed by atoms with E-state index in [1.807, 2.05) is 24.3 Å². The van der Waals surface area contributed by atoms with Gasteiger partial charge in [0.15, 0.2) is 5.76 Å². The van der Waals surface area contributed by atoms with Crippen LogP contribution in [-0.4, -0.2) is 49.9 Å². The van der Waals surface area contributed by atoms with Crippen molar-refractivity contribution >= 4 is 27.9 Å². The van der Waals surface area contributed by atoms with Crippen LogP contribution in [0.15, 0.2) is 47.1 Å². The Morgan fingerprint density at radius 3 is 2.53 bits per heavy atom. The molecule has 0 amide bonds. The Balaban J connectivity index is 1.60. The molecular weight excluding hydrogens is 424 g/mol. The molecule has 4 aromatic rings. The normalized spacial score (nSPS) is 21.3. The highest BCUT2D eigenvalue weighted by Gasteiger charge is 2.34. The molecule has 1 N–H and O–H groups in total. The summed E-state index contributed by atoms with van der Waals surface area (Å²) >= 11 is 7.55. The van der Waals surface area contributed by atoms with Crippen LogP contribution in [0.5, 0.6) is 5.88 Å². The first-order chi connectivity index (χ1) is 14.5. The number of aromatic hydroxyl groups is 1. The molecule has 0 aliphatic carbocycles. The number of rotatable bonds is 4. The molecule has 3 atom stereocenters. The molecule has 7 nitrogen and oxygen atoms in total. The maximum absolute atomic E-state index is 11.1. The number of hydrogen-bond donors (Lipinski definition) is 1. The van der Waals surface area contributed by atoms with E-state index in [-0.39, 0.29) is 24.1 Å². The van der Waals surface area contributed by atoms with E-state index in [2.05, 4.69) is 28.8 Å². The van der Waals surface area contributed by atoms with Crippen LogP contribution in [0.1, 0.15) is 30.3 Å².